The molecule has 0 bridgehead atoms. The molecule has 24 heavy (non-hydrogen) atoms. The van der Waals surface area contributed by atoms with Gasteiger partial charge in [0.1, 0.15) is 5.75 Å². The molecule has 1 N–H and O–H groups in total. The molecule has 1 heterocycles. The van der Waals surface area contributed by atoms with E-state index in [9.17, 15) is 14.7 Å². The fourth-order valence-electron chi connectivity index (χ4n) is 2.54. The van der Waals surface area contributed by atoms with E-state index in [1.807, 2.05) is 30.3 Å². The van der Waals surface area contributed by atoms with Crippen molar-refractivity contribution in [3.8, 4) is 5.75 Å². The highest BCUT2D eigenvalue weighted by Crippen LogP contribution is 2.38. The van der Waals surface area contributed by atoms with E-state index >= 15 is 0 Å². The lowest BCUT2D eigenvalue weighted by Gasteiger charge is -2.37. The first-order valence-electron chi connectivity index (χ1n) is 7.60. The number of amides is 1. The second kappa shape index (κ2) is 6.33. The summed E-state index contributed by atoms with van der Waals surface area (Å²) < 4.78 is 10.1. The molecule has 0 fully saturated rings. The Balaban J connectivity index is 2.02. The standard InChI is InChI=1S/C18H17NO5/c1-2-23-17(21)18(22)16(20)19(12-13-8-4-3-5-9-13)14-10-6-7-11-15(14)24-18/h3-11,22H,2,12H2,1H3. The summed E-state index contributed by atoms with van der Waals surface area (Å²) in [7, 11) is 0. The fraction of sp³-hybridized carbons (Fsp3) is 0.222. The molecular weight excluding hydrogens is 310 g/mol. The van der Waals surface area contributed by atoms with E-state index in [1.165, 1.54) is 4.90 Å². The minimum absolute atomic E-state index is 0.0259. The van der Waals surface area contributed by atoms with E-state index in [1.54, 1.807) is 31.2 Å². The van der Waals surface area contributed by atoms with Crippen LogP contribution in [-0.4, -0.2) is 29.4 Å². The van der Waals surface area contributed by atoms with Crippen molar-refractivity contribution in [1.82, 2.24) is 0 Å². The number of hydrogen-bond acceptors (Lipinski definition) is 5. The van der Waals surface area contributed by atoms with Crippen LogP contribution in [0.5, 0.6) is 5.75 Å². The highest BCUT2D eigenvalue weighted by atomic mass is 16.7. The maximum absolute atomic E-state index is 12.8. The van der Waals surface area contributed by atoms with Gasteiger partial charge in [0.2, 0.25) is 0 Å². The van der Waals surface area contributed by atoms with Crippen molar-refractivity contribution in [2.45, 2.75) is 19.3 Å². The van der Waals surface area contributed by atoms with Gasteiger partial charge in [-0.1, -0.05) is 42.5 Å². The lowest BCUT2D eigenvalue weighted by atomic mass is 10.1. The zero-order valence-electron chi connectivity index (χ0n) is 13.1. The second-order valence-electron chi connectivity index (χ2n) is 5.31. The number of hydrogen-bond donors (Lipinski definition) is 1. The third-order valence-electron chi connectivity index (χ3n) is 3.68. The summed E-state index contributed by atoms with van der Waals surface area (Å²) in [6.07, 6.45) is 0. The molecule has 0 aromatic heterocycles. The molecule has 124 valence electrons. The number of para-hydroxylation sites is 2. The number of anilines is 1. The van der Waals surface area contributed by atoms with Crippen LogP contribution in [0.25, 0.3) is 0 Å². The minimum atomic E-state index is -2.68. The van der Waals surface area contributed by atoms with Crippen molar-refractivity contribution in [1.29, 1.82) is 0 Å². The maximum atomic E-state index is 12.8. The molecule has 0 spiro atoms. The first-order valence-corrected chi connectivity index (χ1v) is 7.60. The van der Waals surface area contributed by atoms with E-state index in [0.29, 0.717) is 5.69 Å². The van der Waals surface area contributed by atoms with E-state index < -0.39 is 17.7 Å². The molecule has 6 nitrogen and oxygen atoms in total. The van der Waals surface area contributed by atoms with Crippen molar-refractivity contribution < 1.29 is 24.2 Å². The molecule has 1 aliphatic rings. The van der Waals surface area contributed by atoms with Gasteiger partial charge in [-0.05, 0) is 24.6 Å². The number of rotatable bonds is 4. The van der Waals surface area contributed by atoms with Crippen LogP contribution in [-0.2, 0) is 20.9 Å². The second-order valence-corrected chi connectivity index (χ2v) is 5.31. The SMILES string of the molecule is CCOC(=O)C1(O)Oc2ccccc2N(Cc2ccccc2)C1=O. The van der Waals surface area contributed by atoms with E-state index in [2.05, 4.69) is 0 Å². The zero-order chi connectivity index (χ0) is 17.2. The monoisotopic (exact) mass is 327 g/mol. The molecule has 0 radical (unpaired) electrons. The Hall–Kier alpha value is -2.86. The Morgan fingerprint density at radius 3 is 2.54 bits per heavy atom. The van der Waals surface area contributed by atoms with Crippen molar-refractivity contribution in [3.63, 3.8) is 0 Å². The molecule has 2 aromatic rings. The Bertz CT molecular complexity index is 761. The van der Waals surface area contributed by atoms with Crippen LogP contribution < -0.4 is 9.64 Å². The van der Waals surface area contributed by atoms with Gasteiger partial charge in [-0.15, -0.1) is 0 Å². The van der Waals surface area contributed by atoms with E-state index in [4.69, 9.17) is 9.47 Å². The van der Waals surface area contributed by atoms with E-state index in [0.717, 1.165) is 5.56 Å². The van der Waals surface area contributed by atoms with Crippen LogP contribution in [0.2, 0.25) is 0 Å². The first kappa shape index (κ1) is 16.0. The maximum Gasteiger partial charge on any atom is 0.390 e. The third kappa shape index (κ3) is 2.72. The average molecular weight is 327 g/mol. The number of aliphatic hydroxyl groups is 1. The van der Waals surface area contributed by atoms with Crippen LogP contribution in [0.4, 0.5) is 5.69 Å². The van der Waals surface area contributed by atoms with Gasteiger partial charge in [0.05, 0.1) is 18.8 Å². The largest absolute Gasteiger partial charge is 0.461 e. The van der Waals surface area contributed by atoms with Crippen LogP contribution in [0.3, 0.4) is 0 Å². The number of esters is 1. The van der Waals surface area contributed by atoms with Gasteiger partial charge in [-0.3, -0.25) is 9.69 Å². The summed E-state index contributed by atoms with van der Waals surface area (Å²) >= 11 is 0. The van der Waals surface area contributed by atoms with Crippen molar-refractivity contribution >= 4 is 17.6 Å². The van der Waals surface area contributed by atoms with Crippen molar-refractivity contribution in [2.24, 2.45) is 0 Å². The summed E-state index contributed by atoms with van der Waals surface area (Å²) in [6.45, 7) is 1.81. The molecule has 1 amide bonds. The van der Waals surface area contributed by atoms with Gasteiger partial charge < -0.3 is 14.6 Å². The molecule has 0 saturated carbocycles. The molecule has 6 heteroatoms. The Kier molecular flexibility index (Phi) is 4.22. The molecule has 1 unspecified atom stereocenters. The van der Waals surface area contributed by atoms with E-state index in [-0.39, 0.29) is 18.9 Å². The van der Waals surface area contributed by atoms with Crippen LogP contribution in [0.15, 0.2) is 54.6 Å². The fourth-order valence-corrected chi connectivity index (χ4v) is 2.54. The number of benzene rings is 2. The lowest BCUT2D eigenvalue weighted by molar-refractivity contribution is -0.202. The summed E-state index contributed by atoms with van der Waals surface area (Å²) in [5, 5.41) is 10.5. The van der Waals surface area contributed by atoms with Gasteiger partial charge in [0, 0.05) is 0 Å². The number of ether oxygens (including phenoxy) is 2. The van der Waals surface area contributed by atoms with Crippen LogP contribution in [0.1, 0.15) is 12.5 Å². The smallest absolute Gasteiger partial charge is 0.390 e. The number of carbonyl (C=O) groups is 2. The van der Waals surface area contributed by atoms with Gasteiger partial charge in [-0.25, -0.2) is 4.79 Å². The summed E-state index contributed by atoms with van der Waals surface area (Å²) in [5.41, 5.74) is 1.34. The third-order valence-corrected chi connectivity index (χ3v) is 3.68. The molecule has 0 aliphatic carbocycles. The summed E-state index contributed by atoms with van der Waals surface area (Å²) in [5.74, 6) is -4.44. The Morgan fingerprint density at radius 2 is 1.83 bits per heavy atom. The molecule has 1 atom stereocenters. The number of fused-ring (bicyclic) bond motifs is 1. The number of nitrogens with zero attached hydrogens (tertiary/aromatic N) is 1. The molecule has 3 rings (SSSR count). The number of carbonyl (C=O) groups excluding carboxylic acids is 2. The quantitative estimate of drug-likeness (QED) is 0.685. The molecule has 1 aliphatic heterocycles. The van der Waals surface area contributed by atoms with Crippen LogP contribution >= 0.6 is 0 Å². The zero-order valence-corrected chi connectivity index (χ0v) is 13.1. The van der Waals surface area contributed by atoms with Crippen LogP contribution in [0, 0.1) is 0 Å². The van der Waals surface area contributed by atoms with Gasteiger partial charge in [0.25, 0.3) is 0 Å². The van der Waals surface area contributed by atoms with Gasteiger partial charge in [0.15, 0.2) is 0 Å². The predicted octanol–water partition coefficient (Wildman–Crippen LogP) is 1.86. The molecule has 0 saturated heterocycles. The Morgan fingerprint density at radius 1 is 1.17 bits per heavy atom. The van der Waals surface area contributed by atoms with Gasteiger partial charge in [-0.2, -0.15) is 0 Å². The molecular formula is C18H17NO5. The average Bonchev–Trinajstić information content (AvgIpc) is 2.60. The normalized spacial score (nSPS) is 19.4. The first-order chi connectivity index (χ1) is 11.6. The van der Waals surface area contributed by atoms with Crippen molar-refractivity contribution in [2.75, 3.05) is 11.5 Å². The Labute approximate surface area is 139 Å². The summed E-state index contributed by atoms with van der Waals surface area (Å²) in [4.78, 5) is 26.2. The highest BCUT2D eigenvalue weighted by molar-refractivity contribution is 6.13. The minimum Gasteiger partial charge on any atom is -0.461 e. The predicted molar refractivity (Wildman–Crippen MR) is 86.3 cm³/mol. The topological polar surface area (TPSA) is 76.1 Å². The summed E-state index contributed by atoms with van der Waals surface area (Å²) in [6, 6.07) is 16.0. The molecule has 2 aromatic carbocycles. The lowest BCUT2D eigenvalue weighted by Crippen LogP contribution is -2.61. The van der Waals surface area contributed by atoms with Crippen molar-refractivity contribution in [3.05, 3.63) is 60.2 Å². The van der Waals surface area contributed by atoms with Gasteiger partial charge >= 0.3 is 17.7 Å². The highest BCUT2D eigenvalue weighted by Gasteiger charge is 2.55.